The summed E-state index contributed by atoms with van der Waals surface area (Å²) in [6, 6.07) is 12.6. The number of amides is 2. The highest BCUT2D eigenvalue weighted by Gasteiger charge is 2.29. The molecular formula is C16H15N3O3. The van der Waals surface area contributed by atoms with Gasteiger partial charge in [0.2, 0.25) is 5.91 Å². The van der Waals surface area contributed by atoms with E-state index in [9.17, 15) is 9.59 Å². The van der Waals surface area contributed by atoms with Gasteiger partial charge in [0.15, 0.2) is 6.10 Å². The van der Waals surface area contributed by atoms with Gasteiger partial charge in [-0.25, -0.2) is 0 Å². The number of hydrogen-bond donors (Lipinski definition) is 2. The van der Waals surface area contributed by atoms with Gasteiger partial charge in [-0.3, -0.25) is 14.6 Å². The van der Waals surface area contributed by atoms with Crippen molar-refractivity contribution < 1.29 is 14.3 Å². The number of anilines is 1. The molecule has 1 aliphatic rings. The Kier molecular flexibility index (Phi) is 4.00. The standard InChI is InChI=1S/C16H15N3O3/c20-15(18-10-11-5-3-4-8-17-11)9-14-16(21)19-12-6-1-2-7-13(12)22-14/h1-8,14H,9-10H2,(H,18,20)(H,19,21)/t14-/m1/s1. The summed E-state index contributed by atoms with van der Waals surface area (Å²) in [7, 11) is 0. The Morgan fingerprint density at radius 1 is 1.23 bits per heavy atom. The predicted octanol–water partition coefficient (Wildman–Crippen LogP) is 1.49. The van der Waals surface area contributed by atoms with E-state index in [1.54, 1.807) is 18.3 Å². The third-order valence-corrected chi connectivity index (χ3v) is 3.27. The van der Waals surface area contributed by atoms with Gasteiger partial charge in [0, 0.05) is 6.20 Å². The molecule has 0 radical (unpaired) electrons. The largest absolute Gasteiger partial charge is 0.478 e. The summed E-state index contributed by atoms with van der Waals surface area (Å²) in [5, 5.41) is 5.46. The second-order valence-corrected chi connectivity index (χ2v) is 4.89. The van der Waals surface area contributed by atoms with Crippen molar-refractivity contribution in [3.05, 3.63) is 54.4 Å². The SMILES string of the molecule is O=C(C[C@H]1Oc2ccccc2NC1=O)NCc1ccccn1. The normalized spacial score (nSPS) is 16.2. The number of nitrogens with zero attached hydrogens (tertiary/aromatic N) is 1. The maximum atomic E-state index is 11.9. The number of para-hydroxylation sites is 2. The van der Waals surface area contributed by atoms with Crippen LogP contribution in [0, 0.1) is 0 Å². The van der Waals surface area contributed by atoms with Gasteiger partial charge in [-0.15, -0.1) is 0 Å². The zero-order valence-corrected chi connectivity index (χ0v) is 11.8. The molecule has 6 nitrogen and oxygen atoms in total. The Morgan fingerprint density at radius 2 is 2.05 bits per heavy atom. The summed E-state index contributed by atoms with van der Waals surface area (Å²) >= 11 is 0. The van der Waals surface area contributed by atoms with Crippen molar-refractivity contribution in [1.82, 2.24) is 10.3 Å². The number of carbonyl (C=O) groups is 2. The molecule has 112 valence electrons. The van der Waals surface area contributed by atoms with Crippen molar-refractivity contribution in [2.24, 2.45) is 0 Å². The van der Waals surface area contributed by atoms with Gasteiger partial charge >= 0.3 is 0 Å². The first-order valence-corrected chi connectivity index (χ1v) is 6.95. The number of carbonyl (C=O) groups excluding carboxylic acids is 2. The van der Waals surface area contributed by atoms with Gasteiger partial charge in [0.25, 0.3) is 5.91 Å². The number of pyridine rings is 1. The summed E-state index contributed by atoms with van der Waals surface area (Å²) in [5.74, 6) is 0.00139. The summed E-state index contributed by atoms with van der Waals surface area (Å²) < 4.78 is 5.58. The first kappa shape index (κ1) is 14.1. The van der Waals surface area contributed by atoms with E-state index in [4.69, 9.17) is 4.74 Å². The van der Waals surface area contributed by atoms with Crippen LogP contribution >= 0.6 is 0 Å². The van der Waals surface area contributed by atoms with Gasteiger partial charge in [-0.2, -0.15) is 0 Å². The smallest absolute Gasteiger partial charge is 0.266 e. The van der Waals surface area contributed by atoms with E-state index in [2.05, 4.69) is 15.6 Å². The van der Waals surface area contributed by atoms with Crippen molar-refractivity contribution >= 4 is 17.5 Å². The molecule has 0 aliphatic carbocycles. The van der Waals surface area contributed by atoms with Crippen LogP contribution in [-0.4, -0.2) is 22.9 Å². The number of fused-ring (bicyclic) bond motifs is 1. The molecular weight excluding hydrogens is 282 g/mol. The Bertz CT molecular complexity index is 688. The lowest BCUT2D eigenvalue weighted by molar-refractivity contribution is -0.130. The number of ether oxygens (including phenoxy) is 1. The average molecular weight is 297 g/mol. The molecule has 0 fully saturated rings. The molecule has 3 rings (SSSR count). The first-order valence-electron chi connectivity index (χ1n) is 6.95. The molecule has 6 heteroatoms. The molecule has 0 bridgehead atoms. The average Bonchev–Trinajstić information content (AvgIpc) is 2.55. The predicted molar refractivity (Wildman–Crippen MR) is 80.2 cm³/mol. The third-order valence-electron chi connectivity index (χ3n) is 3.27. The highest BCUT2D eigenvalue weighted by Crippen LogP contribution is 2.29. The second kappa shape index (κ2) is 6.26. The minimum Gasteiger partial charge on any atom is -0.478 e. The van der Waals surface area contributed by atoms with Crippen molar-refractivity contribution in [1.29, 1.82) is 0 Å². The quantitative estimate of drug-likeness (QED) is 0.896. The van der Waals surface area contributed by atoms with Gasteiger partial charge in [-0.1, -0.05) is 18.2 Å². The molecule has 0 spiro atoms. The zero-order valence-electron chi connectivity index (χ0n) is 11.8. The molecule has 1 aliphatic heterocycles. The third kappa shape index (κ3) is 3.22. The Hall–Kier alpha value is -2.89. The number of nitrogens with one attached hydrogen (secondary N) is 2. The monoisotopic (exact) mass is 297 g/mol. The number of hydrogen-bond acceptors (Lipinski definition) is 4. The van der Waals surface area contributed by atoms with Crippen molar-refractivity contribution in [3.63, 3.8) is 0 Å². The van der Waals surface area contributed by atoms with Crippen LogP contribution in [-0.2, 0) is 16.1 Å². The molecule has 1 aromatic heterocycles. The zero-order chi connectivity index (χ0) is 15.4. The fourth-order valence-electron chi connectivity index (χ4n) is 2.16. The van der Waals surface area contributed by atoms with Crippen LogP contribution in [0.15, 0.2) is 48.7 Å². The maximum absolute atomic E-state index is 11.9. The maximum Gasteiger partial charge on any atom is 0.266 e. The van der Waals surface area contributed by atoms with Crippen LogP contribution in [0.1, 0.15) is 12.1 Å². The van der Waals surface area contributed by atoms with Crippen molar-refractivity contribution in [3.8, 4) is 5.75 Å². The van der Waals surface area contributed by atoms with Crippen molar-refractivity contribution in [2.75, 3.05) is 5.32 Å². The second-order valence-electron chi connectivity index (χ2n) is 4.89. The number of rotatable bonds is 4. The number of benzene rings is 1. The molecule has 2 N–H and O–H groups in total. The Balaban J connectivity index is 1.57. The van der Waals surface area contributed by atoms with Crippen LogP contribution in [0.5, 0.6) is 5.75 Å². The van der Waals surface area contributed by atoms with Crippen LogP contribution in [0.2, 0.25) is 0 Å². The summed E-state index contributed by atoms with van der Waals surface area (Å²) in [6.45, 7) is 0.324. The van der Waals surface area contributed by atoms with Crippen LogP contribution in [0.4, 0.5) is 5.69 Å². The first-order chi connectivity index (χ1) is 10.7. The molecule has 1 aromatic carbocycles. The fourth-order valence-corrected chi connectivity index (χ4v) is 2.16. The van der Waals surface area contributed by atoms with Crippen molar-refractivity contribution in [2.45, 2.75) is 19.1 Å². The van der Waals surface area contributed by atoms with Gasteiger partial charge in [-0.05, 0) is 24.3 Å². The molecule has 2 amide bonds. The van der Waals surface area contributed by atoms with E-state index in [0.29, 0.717) is 18.0 Å². The number of aromatic nitrogens is 1. The molecule has 22 heavy (non-hydrogen) atoms. The summed E-state index contributed by atoms with van der Waals surface area (Å²) in [6.07, 6.45) is 0.807. The van der Waals surface area contributed by atoms with E-state index in [1.165, 1.54) is 0 Å². The Labute approximate surface area is 127 Å². The molecule has 1 atom stereocenters. The summed E-state index contributed by atoms with van der Waals surface area (Å²) in [4.78, 5) is 28.0. The van der Waals surface area contributed by atoms with E-state index < -0.39 is 6.10 Å². The minimum absolute atomic E-state index is 0.0347. The lowest BCUT2D eigenvalue weighted by Crippen LogP contribution is -2.40. The molecule has 2 aromatic rings. The highest BCUT2D eigenvalue weighted by molar-refractivity contribution is 5.99. The van der Waals surface area contributed by atoms with E-state index in [-0.39, 0.29) is 18.2 Å². The summed E-state index contributed by atoms with van der Waals surface area (Å²) in [5.41, 5.74) is 1.38. The van der Waals surface area contributed by atoms with Crippen LogP contribution in [0.25, 0.3) is 0 Å². The minimum atomic E-state index is -0.821. The van der Waals surface area contributed by atoms with Gasteiger partial charge in [0.05, 0.1) is 24.3 Å². The molecule has 0 saturated carbocycles. The van der Waals surface area contributed by atoms with E-state index >= 15 is 0 Å². The van der Waals surface area contributed by atoms with E-state index in [0.717, 1.165) is 5.69 Å². The molecule has 0 saturated heterocycles. The fraction of sp³-hybridized carbons (Fsp3) is 0.188. The van der Waals surface area contributed by atoms with Crippen LogP contribution < -0.4 is 15.4 Å². The van der Waals surface area contributed by atoms with Gasteiger partial charge in [0.1, 0.15) is 5.75 Å². The van der Waals surface area contributed by atoms with E-state index in [1.807, 2.05) is 30.3 Å². The Morgan fingerprint density at radius 3 is 2.86 bits per heavy atom. The van der Waals surface area contributed by atoms with Crippen LogP contribution in [0.3, 0.4) is 0 Å². The topological polar surface area (TPSA) is 80.3 Å². The highest BCUT2D eigenvalue weighted by atomic mass is 16.5. The molecule has 0 unspecified atom stereocenters. The van der Waals surface area contributed by atoms with Gasteiger partial charge < -0.3 is 15.4 Å². The molecule has 2 heterocycles. The lowest BCUT2D eigenvalue weighted by Gasteiger charge is -2.25. The lowest BCUT2D eigenvalue weighted by atomic mass is 10.1.